The Kier molecular flexibility index (Phi) is 5.99. The zero-order valence-electron chi connectivity index (χ0n) is 27.7. The minimum absolute atomic E-state index is 0.949. The maximum Gasteiger partial charge on any atom is 0.137 e. The van der Waals surface area contributed by atoms with Crippen molar-refractivity contribution in [2.45, 2.75) is 0 Å². The highest BCUT2D eigenvalue weighted by molar-refractivity contribution is 6.29. The van der Waals surface area contributed by atoms with Crippen molar-refractivity contribution in [2.24, 2.45) is 0 Å². The van der Waals surface area contributed by atoms with Gasteiger partial charge >= 0.3 is 0 Å². The Bertz CT molecular complexity index is 2880. The van der Waals surface area contributed by atoms with Crippen molar-refractivity contribution >= 4 is 38.0 Å². The molecule has 51 heavy (non-hydrogen) atoms. The molecule has 0 saturated heterocycles. The van der Waals surface area contributed by atoms with Crippen LogP contribution in [0.25, 0.3) is 105 Å². The maximum absolute atomic E-state index is 4.99. The van der Waals surface area contributed by atoms with E-state index in [4.69, 9.17) is 4.98 Å². The molecule has 10 aromatic rings. The Balaban J connectivity index is 1.21. The van der Waals surface area contributed by atoms with Gasteiger partial charge in [-0.3, -0.25) is 0 Å². The van der Waals surface area contributed by atoms with Gasteiger partial charge in [-0.1, -0.05) is 158 Å². The molecule has 0 saturated carbocycles. The summed E-state index contributed by atoms with van der Waals surface area (Å²) in [5, 5.41) is 7.58. The van der Waals surface area contributed by atoms with E-state index in [9.17, 15) is 0 Å². The normalized spacial score (nSPS) is 11.9. The number of fused-ring (bicyclic) bond motifs is 6. The van der Waals surface area contributed by atoms with Crippen LogP contribution in [-0.4, -0.2) is 9.38 Å². The topological polar surface area (TPSA) is 17.3 Å². The van der Waals surface area contributed by atoms with Gasteiger partial charge in [-0.05, 0) is 100 Å². The van der Waals surface area contributed by atoms with Gasteiger partial charge in [-0.25, -0.2) is 4.98 Å². The van der Waals surface area contributed by atoms with E-state index in [0.29, 0.717) is 0 Å². The van der Waals surface area contributed by atoms with Crippen molar-refractivity contribution in [3.63, 3.8) is 0 Å². The number of hydrogen-bond acceptors (Lipinski definition) is 1. The highest BCUT2D eigenvalue weighted by Gasteiger charge is 2.31. The predicted octanol–water partition coefficient (Wildman–Crippen LogP) is 13.1. The molecule has 0 bridgehead atoms. The summed E-state index contributed by atoms with van der Waals surface area (Å²) >= 11 is 0. The largest absolute Gasteiger partial charge is 0.306 e. The van der Waals surface area contributed by atoms with Gasteiger partial charge in [0.15, 0.2) is 0 Å². The Hall–Kier alpha value is -6.77. The van der Waals surface area contributed by atoms with Crippen LogP contribution in [0.5, 0.6) is 0 Å². The van der Waals surface area contributed by atoms with Crippen LogP contribution in [0.3, 0.4) is 0 Å². The average Bonchev–Trinajstić information content (AvgIpc) is 3.78. The van der Waals surface area contributed by atoms with Gasteiger partial charge in [-0.2, -0.15) is 0 Å². The Morgan fingerprint density at radius 2 is 0.824 bits per heavy atom. The first kappa shape index (κ1) is 28.1. The molecule has 0 amide bonds. The van der Waals surface area contributed by atoms with Gasteiger partial charge in [0.2, 0.25) is 0 Å². The van der Waals surface area contributed by atoms with Gasteiger partial charge in [0.1, 0.15) is 5.65 Å². The molecule has 0 spiro atoms. The third-order valence-corrected chi connectivity index (χ3v) is 10.8. The molecule has 0 atom stereocenters. The van der Waals surface area contributed by atoms with Gasteiger partial charge in [-0.15, -0.1) is 0 Å². The Labute approximate surface area is 295 Å². The molecular weight excluding hydrogens is 617 g/mol. The minimum Gasteiger partial charge on any atom is -0.306 e. The first-order valence-corrected chi connectivity index (χ1v) is 17.6. The lowest BCUT2D eigenvalue weighted by molar-refractivity contribution is 1.19. The molecule has 1 aliphatic rings. The molecule has 2 aromatic heterocycles. The molecule has 0 fully saturated rings. The Morgan fingerprint density at radius 1 is 0.333 bits per heavy atom. The van der Waals surface area contributed by atoms with E-state index in [1.807, 2.05) is 12.1 Å². The second kappa shape index (κ2) is 10.9. The lowest BCUT2D eigenvalue weighted by Gasteiger charge is -2.20. The van der Waals surface area contributed by atoms with Gasteiger partial charge in [0.25, 0.3) is 0 Å². The lowest BCUT2D eigenvalue weighted by Crippen LogP contribution is -1.93. The number of rotatable bonds is 4. The molecule has 2 heterocycles. The minimum atomic E-state index is 0.949. The van der Waals surface area contributed by atoms with E-state index in [1.54, 1.807) is 0 Å². The van der Waals surface area contributed by atoms with E-state index in [-0.39, 0.29) is 0 Å². The van der Waals surface area contributed by atoms with Crippen LogP contribution in [-0.2, 0) is 0 Å². The standard InChI is InChI=1S/C49H30N2/c1-3-14-31(15-4-1)45-39-20-9-10-21-40(39)46(32-16-5-2-6-17-32)49-42-28-26-36(38-22-13-23-41(47(38)42)48(45)49)35-25-27-37(34-19-8-7-18-33(34)35)43-30-51-29-12-11-24-44(51)50-43/h1-30H. The van der Waals surface area contributed by atoms with Crippen molar-refractivity contribution in [1.29, 1.82) is 0 Å². The van der Waals surface area contributed by atoms with Crippen LogP contribution in [0.4, 0.5) is 0 Å². The fraction of sp³-hybridized carbons (Fsp3) is 0. The molecular formula is C49H30N2. The zero-order chi connectivity index (χ0) is 33.5. The number of benzene rings is 8. The lowest BCUT2D eigenvalue weighted by atomic mass is 9.82. The molecule has 2 heteroatoms. The van der Waals surface area contributed by atoms with E-state index in [0.717, 1.165) is 16.9 Å². The first-order chi connectivity index (χ1) is 25.3. The highest BCUT2D eigenvalue weighted by Crippen LogP contribution is 2.58. The SMILES string of the molecule is c1ccc(-c2c3c(c(-c4ccccc4)c4ccccc24)-c2ccc(-c4ccc(-c5cn6ccccc6n5)c5ccccc45)c4cccc-3c24)cc1. The fourth-order valence-electron chi connectivity index (χ4n) is 8.67. The number of hydrogen-bond donors (Lipinski definition) is 0. The molecule has 11 rings (SSSR count). The third-order valence-electron chi connectivity index (χ3n) is 10.8. The molecule has 8 aromatic carbocycles. The van der Waals surface area contributed by atoms with Crippen molar-refractivity contribution in [2.75, 3.05) is 0 Å². The van der Waals surface area contributed by atoms with Crippen LogP contribution in [0.1, 0.15) is 0 Å². The summed E-state index contributed by atoms with van der Waals surface area (Å²) in [6.45, 7) is 0. The van der Waals surface area contributed by atoms with Gasteiger partial charge in [0.05, 0.1) is 5.69 Å². The number of imidazole rings is 1. The summed E-state index contributed by atoms with van der Waals surface area (Å²) in [5.41, 5.74) is 15.9. The van der Waals surface area contributed by atoms with E-state index < -0.39 is 0 Å². The molecule has 2 nitrogen and oxygen atoms in total. The third kappa shape index (κ3) is 4.08. The average molecular weight is 647 g/mol. The molecule has 0 aliphatic heterocycles. The van der Waals surface area contributed by atoms with Crippen LogP contribution < -0.4 is 0 Å². The summed E-state index contributed by atoms with van der Waals surface area (Å²) in [5.74, 6) is 0. The number of pyridine rings is 1. The van der Waals surface area contributed by atoms with E-state index >= 15 is 0 Å². The van der Waals surface area contributed by atoms with Gasteiger partial charge in [0, 0.05) is 18.0 Å². The first-order valence-electron chi connectivity index (χ1n) is 17.6. The number of aromatic nitrogens is 2. The quantitative estimate of drug-likeness (QED) is 0.186. The predicted molar refractivity (Wildman–Crippen MR) is 214 cm³/mol. The fourth-order valence-corrected chi connectivity index (χ4v) is 8.67. The molecule has 236 valence electrons. The maximum atomic E-state index is 4.99. The summed E-state index contributed by atoms with van der Waals surface area (Å²) in [4.78, 5) is 4.99. The smallest absolute Gasteiger partial charge is 0.137 e. The summed E-state index contributed by atoms with van der Waals surface area (Å²) < 4.78 is 2.09. The summed E-state index contributed by atoms with van der Waals surface area (Å²) in [6.07, 6.45) is 4.19. The van der Waals surface area contributed by atoms with E-state index in [1.165, 1.54) is 88.0 Å². The monoisotopic (exact) mass is 646 g/mol. The van der Waals surface area contributed by atoms with Gasteiger partial charge < -0.3 is 4.40 Å². The van der Waals surface area contributed by atoms with Crippen molar-refractivity contribution in [3.05, 3.63) is 182 Å². The van der Waals surface area contributed by atoms with Crippen molar-refractivity contribution < 1.29 is 0 Å². The highest BCUT2D eigenvalue weighted by atomic mass is 15.0. The van der Waals surface area contributed by atoms with Crippen molar-refractivity contribution in [3.8, 4) is 66.9 Å². The van der Waals surface area contributed by atoms with Crippen LogP contribution in [0.15, 0.2) is 182 Å². The summed E-state index contributed by atoms with van der Waals surface area (Å²) in [6, 6.07) is 62.0. The van der Waals surface area contributed by atoms with Crippen LogP contribution >= 0.6 is 0 Å². The van der Waals surface area contributed by atoms with Crippen molar-refractivity contribution in [1.82, 2.24) is 9.38 Å². The van der Waals surface area contributed by atoms with Crippen LogP contribution in [0.2, 0.25) is 0 Å². The summed E-state index contributed by atoms with van der Waals surface area (Å²) in [7, 11) is 0. The second-order valence-electron chi connectivity index (χ2n) is 13.5. The zero-order valence-corrected chi connectivity index (χ0v) is 27.7. The second-order valence-corrected chi connectivity index (χ2v) is 13.5. The molecule has 0 N–H and O–H groups in total. The molecule has 1 aliphatic carbocycles. The molecule has 0 unspecified atom stereocenters. The number of nitrogens with zero attached hydrogens (tertiary/aromatic N) is 2. The van der Waals surface area contributed by atoms with Crippen LogP contribution in [0, 0.1) is 0 Å². The van der Waals surface area contributed by atoms with E-state index in [2.05, 4.69) is 175 Å². The molecule has 0 radical (unpaired) electrons. The Morgan fingerprint density at radius 3 is 1.47 bits per heavy atom.